The monoisotopic (exact) mass is 833 g/mol. The van der Waals surface area contributed by atoms with Gasteiger partial charge in [-0.25, -0.2) is 0 Å². The third kappa shape index (κ3) is 10.9. The third-order valence-electron chi connectivity index (χ3n) is 11.5. The summed E-state index contributed by atoms with van der Waals surface area (Å²) in [4.78, 5) is 8.80. The van der Waals surface area contributed by atoms with E-state index in [4.69, 9.17) is 0 Å². The fraction of sp³-hybridized carbons (Fsp3) is 0.444. The van der Waals surface area contributed by atoms with Gasteiger partial charge in [-0.05, 0) is 91.9 Å². The van der Waals surface area contributed by atoms with E-state index in [1.54, 1.807) is 0 Å². The van der Waals surface area contributed by atoms with Gasteiger partial charge in [0, 0.05) is 43.5 Å². The molecule has 4 nitrogen and oxygen atoms in total. The number of benzene rings is 4. The Morgan fingerprint density at radius 3 is 0.533 bits per heavy atom. The van der Waals surface area contributed by atoms with E-state index in [9.17, 15) is 0 Å². The Morgan fingerprint density at radius 1 is 0.283 bits per heavy atom. The molecule has 0 saturated carbocycles. The van der Waals surface area contributed by atoms with E-state index in [2.05, 4.69) is 260 Å². The van der Waals surface area contributed by atoms with E-state index >= 15 is 0 Å². The average molecular weight is 833 g/mol. The van der Waals surface area contributed by atoms with Gasteiger partial charge in [-0.1, -0.05) is 184 Å². The number of hydrogen-bond acceptors (Lipinski definition) is 4. The number of hydrogen-bond donors (Lipinski definition) is 0. The van der Waals surface area contributed by atoms with Crippen molar-refractivity contribution >= 4 is 41.4 Å². The molecule has 316 valence electrons. The third-order valence-corrected chi connectivity index (χ3v) is 11.5. The van der Waals surface area contributed by atoms with Crippen LogP contribution in [0, 0.1) is 13.3 Å². The quantitative estimate of drug-likeness (QED) is 0.132. The molecule has 0 aliphatic carbocycles. The maximum Gasteiger partial charge on any atom is 0.217 e. The van der Waals surface area contributed by atoms with E-state index in [-0.39, 0.29) is 0 Å². The van der Waals surface area contributed by atoms with Crippen molar-refractivity contribution in [3.63, 3.8) is 0 Å². The van der Waals surface area contributed by atoms with Crippen LogP contribution in [0.15, 0.2) is 97.6 Å². The SMILES string of the molecule is CC(C)c1cccc(C(C)C)c1N1[C]N(c2c(C(C)C)cccc2C(C)C)C=C1.CC(C)c1cccc(C(C)C)c1N1[C]N(c2c(C(C)C)cccc2C(C)C)C=C1.[Si]=[Si]. The van der Waals surface area contributed by atoms with Crippen LogP contribution in [-0.4, -0.2) is 18.7 Å². The van der Waals surface area contributed by atoms with E-state index in [0.29, 0.717) is 47.3 Å². The normalized spacial score (nSPS) is 13.9. The Morgan fingerprint density at radius 2 is 0.417 bits per heavy atom. The molecule has 0 fully saturated rings. The van der Waals surface area contributed by atoms with Crippen molar-refractivity contribution in [1.29, 1.82) is 0 Å². The minimum Gasteiger partial charge on any atom is -0.315 e. The maximum atomic E-state index is 3.66. The summed E-state index contributed by atoms with van der Waals surface area (Å²) in [5.41, 5.74) is 16.1. The summed E-state index contributed by atoms with van der Waals surface area (Å²) in [6.45, 7) is 43.6. The van der Waals surface area contributed by atoms with Crippen LogP contribution >= 0.6 is 0 Å². The van der Waals surface area contributed by atoms with E-state index in [0.717, 1.165) is 0 Å². The molecule has 4 aromatic carbocycles. The van der Waals surface area contributed by atoms with E-state index in [1.807, 2.05) is 0 Å². The molecule has 6 rings (SSSR count). The molecule has 0 bridgehead atoms. The van der Waals surface area contributed by atoms with Crippen molar-refractivity contribution in [3.05, 3.63) is 155 Å². The van der Waals surface area contributed by atoms with Crippen molar-refractivity contribution in [2.45, 2.75) is 158 Å². The molecule has 0 atom stereocenters. The fourth-order valence-corrected chi connectivity index (χ4v) is 8.29. The van der Waals surface area contributed by atoms with Crippen molar-refractivity contribution < 1.29 is 0 Å². The zero-order valence-electron chi connectivity index (χ0n) is 39.6. The highest BCUT2D eigenvalue weighted by molar-refractivity contribution is 6.46. The van der Waals surface area contributed by atoms with Gasteiger partial charge in [-0.3, -0.25) is 0 Å². The predicted molar refractivity (Wildman–Crippen MR) is 265 cm³/mol. The lowest BCUT2D eigenvalue weighted by atomic mass is 9.91. The highest BCUT2D eigenvalue weighted by Gasteiger charge is 2.29. The maximum absolute atomic E-state index is 3.66. The summed E-state index contributed by atoms with van der Waals surface area (Å²) in [5.74, 6) is 3.68. The van der Waals surface area contributed by atoms with Gasteiger partial charge in [0.05, 0.1) is 22.7 Å². The largest absolute Gasteiger partial charge is 0.315 e. The van der Waals surface area contributed by atoms with Gasteiger partial charge in [0.1, 0.15) is 0 Å². The first kappa shape index (κ1) is 48.7. The van der Waals surface area contributed by atoms with Crippen LogP contribution in [0.2, 0.25) is 0 Å². The van der Waals surface area contributed by atoms with Crippen LogP contribution in [0.5, 0.6) is 0 Å². The first-order valence-corrected chi connectivity index (χ1v) is 24.3. The molecule has 0 amide bonds. The summed E-state index contributed by atoms with van der Waals surface area (Å²) in [6, 6.07) is 26.8. The lowest BCUT2D eigenvalue weighted by Crippen LogP contribution is -2.23. The number of para-hydroxylation sites is 4. The van der Waals surface area contributed by atoms with Crippen molar-refractivity contribution in [3.8, 4) is 0 Å². The second-order valence-corrected chi connectivity index (χ2v) is 18.7. The number of nitrogens with zero attached hydrogens (tertiary/aromatic N) is 4. The molecule has 0 N–H and O–H groups in total. The summed E-state index contributed by atoms with van der Waals surface area (Å²) < 4.78 is 0. The fourth-order valence-electron chi connectivity index (χ4n) is 8.29. The van der Waals surface area contributed by atoms with Crippen LogP contribution in [0.3, 0.4) is 0 Å². The second kappa shape index (κ2) is 21.7. The Bertz CT molecular complexity index is 1680. The average Bonchev–Trinajstić information content (AvgIpc) is 3.91. The van der Waals surface area contributed by atoms with E-state index < -0.39 is 0 Å². The standard InChI is InChI=1S/2C27H36N2.Si2/c2*1-18(2)22-11-9-12-23(19(3)4)26(22)28-15-16-29(17-28)27-24(20(5)6)13-10-14-25(27)21(7)8;1-2/h2*9-16,18-21H,1-8H3;. The molecule has 0 spiro atoms. The summed E-state index contributed by atoms with van der Waals surface area (Å²) in [7, 11) is 5.56. The molecule has 6 heteroatoms. The molecular formula is C54H72N4Si2. The van der Waals surface area contributed by atoms with Crippen molar-refractivity contribution in [2.75, 3.05) is 19.6 Å². The smallest absolute Gasteiger partial charge is 0.217 e. The highest BCUT2D eigenvalue weighted by atomic mass is 28.8. The predicted octanol–water partition coefficient (Wildman–Crippen LogP) is 15.2. The zero-order chi connectivity index (χ0) is 44.6. The Labute approximate surface area is 372 Å². The van der Waals surface area contributed by atoms with Gasteiger partial charge >= 0.3 is 0 Å². The van der Waals surface area contributed by atoms with Crippen molar-refractivity contribution in [2.24, 2.45) is 0 Å². The molecule has 4 aromatic rings. The molecule has 0 saturated heterocycles. The highest BCUT2D eigenvalue weighted by Crippen LogP contribution is 2.44. The molecule has 0 aromatic heterocycles. The molecular weight excluding hydrogens is 761 g/mol. The minimum absolute atomic E-state index is 0.460. The van der Waals surface area contributed by atoms with Crippen LogP contribution in [-0.2, 0) is 0 Å². The Kier molecular flexibility index (Phi) is 17.6. The molecule has 2 heterocycles. The van der Waals surface area contributed by atoms with Gasteiger partial charge in [0.25, 0.3) is 0 Å². The topological polar surface area (TPSA) is 13.0 Å². The second-order valence-electron chi connectivity index (χ2n) is 18.7. The Hall–Kier alpha value is -4.01. The molecule has 2 aliphatic rings. The summed E-state index contributed by atoms with van der Waals surface area (Å²) in [5, 5.41) is 0. The first-order chi connectivity index (χ1) is 28.4. The Balaban J connectivity index is 0.000000254. The minimum atomic E-state index is 0.460. The van der Waals surface area contributed by atoms with Gasteiger partial charge in [-0.2, -0.15) is 0 Å². The van der Waals surface area contributed by atoms with Crippen LogP contribution in [0.25, 0.3) is 0 Å². The molecule has 0 unspecified atom stereocenters. The van der Waals surface area contributed by atoms with Gasteiger partial charge < -0.3 is 19.6 Å². The number of anilines is 4. The molecule has 2 aliphatic heterocycles. The zero-order valence-corrected chi connectivity index (χ0v) is 41.6. The first-order valence-electron chi connectivity index (χ1n) is 22.3. The van der Waals surface area contributed by atoms with Crippen LogP contribution < -0.4 is 19.6 Å². The number of rotatable bonds is 12. The van der Waals surface area contributed by atoms with Crippen LogP contribution in [0.4, 0.5) is 22.7 Å². The van der Waals surface area contributed by atoms with Crippen molar-refractivity contribution in [1.82, 2.24) is 0 Å². The van der Waals surface area contributed by atoms with E-state index in [1.165, 1.54) is 67.3 Å². The van der Waals surface area contributed by atoms with Gasteiger partial charge in [-0.15, -0.1) is 0 Å². The molecule has 8 radical (unpaired) electrons. The lowest BCUT2D eigenvalue weighted by molar-refractivity contribution is 0.818. The summed E-state index contributed by atoms with van der Waals surface area (Å²) in [6.07, 6.45) is 8.64. The molecule has 60 heavy (non-hydrogen) atoms. The van der Waals surface area contributed by atoms with Gasteiger partial charge in [0.2, 0.25) is 13.3 Å². The van der Waals surface area contributed by atoms with Crippen LogP contribution in [0.1, 0.15) is 203 Å². The summed E-state index contributed by atoms with van der Waals surface area (Å²) >= 11 is 0. The lowest BCUT2D eigenvalue weighted by Gasteiger charge is -2.29. The van der Waals surface area contributed by atoms with Gasteiger partial charge in [0.15, 0.2) is 0 Å².